The Bertz CT molecular complexity index is 985. The van der Waals surface area contributed by atoms with Crippen molar-refractivity contribution in [3.05, 3.63) is 75.8 Å². The maximum Gasteiger partial charge on any atom is 0.251 e. The molecule has 0 aliphatic rings. The van der Waals surface area contributed by atoms with E-state index in [9.17, 15) is 9.59 Å². The van der Waals surface area contributed by atoms with Gasteiger partial charge in [0.15, 0.2) is 0 Å². The van der Waals surface area contributed by atoms with Gasteiger partial charge in [0, 0.05) is 42.2 Å². The van der Waals surface area contributed by atoms with Gasteiger partial charge in [-0.15, -0.1) is 11.3 Å². The van der Waals surface area contributed by atoms with Crippen LogP contribution in [0.15, 0.2) is 53.9 Å². The predicted molar refractivity (Wildman–Crippen MR) is 113 cm³/mol. The lowest BCUT2D eigenvalue weighted by Gasteiger charge is -2.17. The quantitative estimate of drug-likeness (QED) is 0.663. The second kappa shape index (κ2) is 8.99. The maximum absolute atomic E-state index is 12.5. The van der Waals surface area contributed by atoms with Gasteiger partial charge >= 0.3 is 0 Å². The van der Waals surface area contributed by atoms with Crippen molar-refractivity contribution in [2.75, 3.05) is 14.1 Å². The van der Waals surface area contributed by atoms with Crippen LogP contribution in [0.3, 0.4) is 0 Å². The molecule has 5 nitrogen and oxygen atoms in total. The number of rotatable bonds is 6. The van der Waals surface area contributed by atoms with E-state index in [-0.39, 0.29) is 18.2 Å². The molecule has 3 rings (SSSR count). The highest BCUT2D eigenvalue weighted by molar-refractivity contribution is 7.13. The second-order valence-corrected chi connectivity index (χ2v) is 7.65. The van der Waals surface area contributed by atoms with Gasteiger partial charge in [0.25, 0.3) is 5.91 Å². The van der Waals surface area contributed by atoms with Crippen molar-refractivity contribution >= 4 is 34.8 Å². The molecule has 28 heavy (non-hydrogen) atoms. The average Bonchev–Trinajstić information content (AvgIpc) is 3.16. The number of hydrogen-bond donors (Lipinski definition) is 1. The number of thiazole rings is 1. The molecule has 144 valence electrons. The summed E-state index contributed by atoms with van der Waals surface area (Å²) in [7, 11) is 3.36. The number of benzene rings is 2. The third-order valence-corrected chi connectivity index (χ3v) is 5.42. The van der Waals surface area contributed by atoms with Gasteiger partial charge in [-0.1, -0.05) is 35.9 Å². The number of aromatic nitrogens is 1. The van der Waals surface area contributed by atoms with Crippen LogP contribution in [0.4, 0.5) is 0 Å². The third-order valence-electron chi connectivity index (χ3n) is 4.24. The predicted octanol–water partition coefficient (Wildman–Crippen LogP) is 4.02. The van der Waals surface area contributed by atoms with E-state index in [2.05, 4.69) is 10.3 Å². The minimum Gasteiger partial charge on any atom is -0.355 e. The first-order valence-corrected chi connectivity index (χ1v) is 9.97. The summed E-state index contributed by atoms with van der Waals surface area (Å²) in [6.45, 7) is 0.470. The molecule has 0 bridgehead atoms. The van der Waals surface area contributed by atoms with E-state index < -0.39 is 0 Å². The van der Waals surface area contributed by atoms with E-state index in [1.807, 2.05) is 41.8 Å². The van der Waals surface area contributed by atoms with Crippen molar-refractivity contribution in [3.8, 4) is 10.6 Å². The summed E-state index contributed by atoms with van der Waals surface area (Å²) in [5.41, 5.74) is 3.24. The number of halogens is 1. The minimum absolute atomic E-state index is 0.0154. The van der Waals surface area contributed by atoms with Gasteiger partial charge in [0.1, 0.15) is 5.01 Å². The lowest BCUT2D eigenvalue weighted by atomic mass is 10.1. The molecule has 0 atom stereocenters. The first kappa shape index (κ1) is 20.0. The fourth-order valence-electron chi connectivity index (χ4n) is 2.70. The average molecular weight is 414 g/mol. The van der Waals surface area contributed by atoms with Crippen molar-refractivity contribution in [3.63, 3.8) is 0 Å². The Kier molecular flexibility index (Phi) is 6.44. The highest BCUT2D eigenvalue weighted by Crippen LogP contribution is 2.26. The first-order chi connectivity index (χ1) is 13.5. The second-order valence-electron chi connectivity index (χ2n) is 6.36. The molecule has 2 amide bonds. The molecule has 0 saturated carbocycles. The SMILES string of the molecule is CNC(=O)c1ccc(CN(C)C(=O)Cc2csc(-c3cccc(Cl)c3)n2)cc1. The molecule has 1 N–H and O–H groups in total. The van der Waals surface area contributed by atoms with Crippen molar-refractivity contribution in [1.29, 1.82) is 0 Å². The smallest absolute Gasteiger partial charge is 0.251 e. The number of carbonyl (C=O) groups excluding carboxylic acids is 2. The van der Waals surface area contributed by atoms with Crippen molar-refractivity contribution in [1.82, 2.24) is 15.2 Å². The van der Waals surface area contributed by atoms with Crippen molar-refractivity contribution < 1.29 is 9.59 Å². The highest BCUT2D eigenvalue weighted by atomic mass is 35.5. The normalized spacial score (nSPS) is 10.5. The Morgan fingerprint density at radius 2 is 1.93 bits per heavy atom. The van der Waals surface area contributed by atoms with Gasteiger partial charge < -0.3 is 10.2 Å². The topological polar surface area (TPSA) is 62.3 Å². The Labute approximate surface area is 173 Å². The molecule has 0 saturated heterocycles. The van der Waals surface area contributed by atoms with Gasteiger partial charge in [-0.2, -0.15) is 0 Å². The zero-order valence-corrected chi connectivity index (χ0v) is 17.2. The first-order valence-electron chi connectivity index (χ1n) is 8.71. The number of amides is 2. The standard InChI is InChI=1S/C21H20ClN3O2S/c1-23-20(27)15-8-6-14(7-9-15)12-25(2)19(26)11-18-13-28-21(24-18)16-4-3-5-17(22)10-16/h3-10,13H,11-12H2,1-2H3,(H,23,27). The lowest BCUT2D eigenvalue weighted by molar-refractivity contribution is -0.129. The largest absolute Gasteiger partial charge is 0.355 e. The molecule has 0 aliphatic carbocycles. The zero-order chi connectivity index (χ0) is 20.1. The van der Waals surface area contributed by atoms with Crippen molar-refractivity contribution in [2.24, 2.45) is 0 Å². The number of nitrogens with zero attached hydrogens (tertiary/aromatic N) is 2. The highest BCUT2D eigenvalue weighted by Gasteiger charge is 2.14. The van der Waals surface area contributed by atoms with Crippen LogP contribution in [0.1, 0.15) is 21.6 Å². The van der Waals surface area contributed by atoms with Gasteiger partial charge in [-0.3, -0.25) is 9.59 Å². The van der Waals surface area contributed by atoms with Gasteiger partial charge in [-0.25, -0.2) is 4.98 Å². The summed E-state index contributed by atoms with van der Waals surface area (Å²) in [5, 5.41) is 5.99. The molecule has 3 aromatic rings. The lowest BCUT2D eigenvalue weighted by Crippen LogP contribution is -2.27. The number of carbonyl (C=O) groups is 2. The molecule has 7 heteroatoms. The summed E-state index contributed by atoms with van der Waals surface area (Å²) in [6.07, 6.45) is 0.240. The Hall–Kier alpha value is -2.70. The Balaban J connectivity index is 1.61. The van der Waals surface area contributed by atoms with E-state index in [1.165, 1.54) is 11.3 Å². The molecule has 1 aromatic heterocycles. The number of hydrogen-bond acceptors (Lipinski definition) is 4. The molecular weight excluding hydrogens is 394 g/mol. The monoisotopic (exact) mass is 413 g/mol. The van der Waals surface area contributed by atoms with Gasteiger partial charge in [0.05, 0.1) is 12.1 Å². The molecule has 0 unspecified atom stereocenters. The summed E-state index contributed by atoms with van der Waals surface area (Å²) in [6, 6.07) is 14.7. The fourth-order valence-corrected chi connectivity index (χ4v) is 3.71. The van der Waals surface area contributed by atoms with E-state index >= 15 is 0 Å². The molecule has 2 aromatic carbocycles. The van der Waals surface area contributed by atoms with E-state index in [0.717, 1.165) is 21.8 Å². The fraction of sp³-hybridized carbons (Fsp3) is 0.190. The maximum atomic E-state index is 12.5. The summed E-state index contributed by atoms with van der Waals surface area (Å²) in [4.78, 5) is 30.4. The van der Waals surface area contributed by atoms with Crippen LogP contribution in [-0.2, 0) is 17.8 Å². The molecular formula is C21H20ClN3O2S. The summed E-state index contributed by atoms with van der Waals surface area (Å²) in [5.74, 6) is -0.145. The van der Waals surface area contributed by atoms with Crippen molar-refractivity contribution in [2.45, 2.75) is 13.0 Å². The summed E-state index contributed by atoms with van der Waals surface area (Å²) < 4.78 is 0. The Morgan fingerprint density at radius 1 is 1.18 bits per heavy atom. The molecule has 0 spiro atoms. The van der Waals surface area contributed by atoms with E-state index in [4.69, 9.17) is 11.6 Å². The minimum atomic E-state index is -0.130. The molecule has 1 heterocycles. The van der Waals surface area contributed by atoms with Crippen LogP contribution in [-0.4, -0.2) is 35.8 Å². The summed E-state index contributed by atoms with van der Waals surface area (Å²) >= 11 is 7.53. The zero-order valence-electron chi connectivity index (χ0n) is 15.6. The van der Waals surface area contributed by atoms with E-state index in [1.54, 1.807) is 31.1 Å². The third kappa shape index (κ3) is 4.97. The molecule has 0 radical (unpaired) electrons. The van der Waals surface area contributed by atoms with Crippen LogP contribution in [0.2, 0.25) is 5.02 Å². The van der Waals surface area contributed by atoms with Crippen LogP contribution >= 0.6 is 22.9 Å². The van der Waals surface area contributed by atoms with Crippen LogP contribution in [0, 0.1) is 0 Å². The molecule has 0 aliphatic heterocycles. The van der Waals surface area contributed by atoms with Crippen LogP contribution in [0.5, 0.6) is 0 Å². The number of likely N-dealkylation sites (N-methyl/N-ethyl adjacent to an activating group) is 1. The Morgan fingerprint density at radius 3 is 2.61 bits per heavy atom. The van der Waals surface area contributed by atoms with Gasteiger partial charge in [-0.05, 0) is 29.8 Å². The van der Waals surface area contributed by atoms with Crippen LogP contribution in [0.25, 0.3) is 10.6 Å². The van der Waals surface area contributed by atoms with E-state index in [0.29, 0.717) is 17.1 Å². The van der Waals surface area contributed by atoms with Crippen LogP contribution < -0.4 is 5.32 Å². The molecule has 0 fully saturated rings. The number of nitrogens with one attached hydrogen (secondary N) is 1. The van der Waals surface area contributed by atoms with Gasteiger partial charge in [0.2, 0.25) is 5.91 Å².